The third-order valence-electron chi connectivity index (χ3n) is 2.43. The molecule has 3 N–H and O–H groups in total. The van der Waals surface area contributed by atoms with Crippen LogP contribution in [0, 0.1) is 0 Å². The van der Waals surface area contributed by atoms with Crippen molar-refractivity contribution in [2.24, 2.45) is 5.73 Å². The zero-order valence-corrected chi connectivity index (χ0v) is 11.9. The van der Waals surface area contributed by atoms with Crippen molar-refractivity contribution in [1.82, 2.24) is 5.32 Å². The summed E-state index contributed by atoms with van der Waals surface area (Å²) in [6, 6.07) is -1.66. The fourth-order valence-corrected chi connectivity index (χ4v) is 1.55. The Labute approximate surface area is 118 Å². The maximum absolute atomic E-state index is 11.6. The first-order valence-corrected chi connectivity index (χ1v) is 6.41. The number of carbonyl (C=O) groups excluding carboxylic acids is 3. The first-order valence-electron chi connectivity index (χ1n) is 6.41. The van der Waals surface area contributed by atoms with Gasteiger partial charge in [0.15, 0.2) is 0 Å². The highest BCUT2D eigenvalue weighted by atomic mass is 16.5. The van der Waals surface area contributed by atoms with Crippen LogP contribution in [0.25, 0.3) is 0 Å². The average Bonchev–Trinajstić information content (AvgIpc) is 2.38. The molecule has 114 valence electrons. The zero-order valence-electron chi connectivity index (χ0n) is 11.9. The first kappa shape index (κ1) is 18.1. The molecule has 20 heavy (non-hydrogen) atoms. The quantitative estimate of drug-likeness (QED) is 0.329. The molecule has 0 aromatic heterocycles. The van der Waals surface area contributed by atoms with E-state index < -0.39 is 24.0 Å². The fraction of sp³-hybridized carbons (Fsp3) is 0.615. The molecule has 0 aliphatic carbocycles. The van der Waals surface area contributed by atoms with Gasteiger partial charge in [-0.25, -0.2) is 4.79 Å². The van der Waals surface area contributed by atoms with Crippen molar-refractivity contribution in [3.63, 3.8) is 0 Å². The van der Waals surface area contributed by atoms with Crippen molar-refractivity contribution >= 4 is 18.3 Å². The van der Waals surface area contributed by atoms with Crippen molar-refractivity contribution in [2.45, 2.75) is 38.8 Å². The smallest absolute Gasteiger partial charge is 0.328 e. The Kier molecular flexibility index (Phi) is 9.02. The molecule has 0 heterocycles. The molecule has 0 aromatic carbocycles. The van der Waals surface area contributed by atoms with E-state index in [1.165, 1.54) is 0 Å². The van der Waals surface area contributed by atoms with E-state index in [2.05, 4.69) is 11.9 Å². The summed E-state index contributed by atoms with van der Waals surface area (Å²) < 4.78 is 9.60. The highest BCUT2D eigenvalue weighted by Crippen LogP contribution is 2.11. The van der Waals surface area contributed by atoms with Crippen LogP contribution in [0.4, 0.5) is 0 Å². The van der Waals surface area contributed by atoms with Gasteiger partial charge in [0, 0.05) is 0 Å². The van der Waals surface area contributed by atoms with Gasteiger partial charge in [-0.1, -0.05) is 12.2 Å². The third kappa shape index (κ3) is 6.89. The Hall–Kier alpha value is -1.89. The van der Waals surface area contributed by atoms with E-state index in [4.69, 9.17) is 15.2 Å². The summed E-state index contributed by atoms with van der Waals surface area (Å²) in [5.41, 5.74) is 6.20. The lowest BCUT2D eigenvalue weighted by atomic mass is 10.0. The van der Waals surface area contributed by atoms with Gasteiger partial charge in [-0.2, -0.15) is 0 Å². The number of carbonyl (C=O) groups is 3. The van der Waals surface area contributed by atoms with Crippen LogP contribution in [-0.4, -0.2) is 43.6 Å². The number of ether oxygens (including phenoxy) is 2. The molecular formula is C13H22N2O5. The van der Waals surface area contributed by atoms with Crippen molar-refractivity contribution in [3.05, 3.63) is 12.2 Å². The van der Waals surface area contributed by atoms with Crippen LogP contribution in [0.5, 0.6) is 0 Å². The predicted molar refractivity (Wildman–Crippen MR) is 72.6 cm³/mol. The molecule has 0 spiro atoms. The lowest BCUT2D eigenvalue weighted by Crippen LogP contribution is -2.38. The van der Waals surface area contributed by atoms with E-state index in [0.717, 1.165) is 0 Å². The van der Waals surface area contributed by atoms with Gasteiger partial charge in [-0.05, 0) is 26.7 Å². The summed E-state index contributed by atoms with van der Waals surface area (Å²) in [6.07, 6.45) is 0.750. The van der Waals surface area contributed by atoms with E-state index in [1.807, 2.05) is 0 Å². The van der Waals surface area contributed by atoms with Gasteiger partial charge in [0.05, 0.1) is 13.2 Å². The van der Waals surface area contributed by atoms with Crippen LogP contribution in [0.15, 0.2) is 12.2 Å². The number of amides is 1. The second-order valence-electron chi connectivity index (χ2n) is 4.11. The Balaban J connectivity index is 4.42. The Bertz CT molecular complexity index is 357. The Morgan fingerprint density at radius 3 is 2.25 bits per heavy atom. The number of rotatable bonds is 10. The number of nitrogens with two attached hydrogens (primary N) is 1. The molecule has 2 atom stereocenters. The summed E-state index contributed by atoms with van der Waals surface area (Å²) in [5.74, 6) is -1.07. The second-order valence-corrected chi connectivity index (χ2v) is 4.11. The minimum absolute atomic E-state index is 0.157. The molecule has 7 nitrogen and oxygen atoms in total. The normalized spacial score (nSPS) is 12.9. The molecule has 1 amide bonds. The second kappa shape index (κ2) is 9.96. The minimum atomic E-state index is -0.832. The monoisotopic (exact) mass is 286 g/mol. The average molecular weight is 286 g/mol. The Morgan fingerprint density at radius 1 is 1.20 bits per heavy atom. The largest absolute Gasteiger partial charge is 0.465 e. The lowest BCUT2D eigenvalue weighted by Gasteiger charge is -2.17. The first-order chi connectivity index (χ1) is 9.46. The molecule has 0 saturated heterocycles. The molecule has 0 bridgehead atoms. The number of esters is 2. The van der Waals surface area contributed by atoms with Crippen LogP contribution >= 0.6 is 0 Å². The van der Waals surface area contributed by atoms with Crippen LogP contribution in [0.2, 0.25) is 0 Å². The van der Waals surface area contributed by atoms with Gasteiger partial charge >= 0.3 is 11.9 Å². The predicted octanol–water partition coefficient (Wildman–Crippen LogP) is -0.109. The van der Waals surface area contributed by atoms with Crippen molar-refractivity contribution in [3.8, 4) is 0 Å². The molecule has 0 rings (SSSR count). The molecule has 2 unspecified atom stereocenters. The summed E-state index contributed by atoms with van der Waals surface area (Å²) in [6.45, 7) is 7.56. The molecule has 0 fully saturated rings. The summed E-state index contributed by atoms with van der Waals surface area (Å²) in [5, 5.41) is 2.35. The van der Waals surface area contributed by atoms with Gasteiger partial charge < -0.3 is 20.5 Å². The SMILES string of the molecule is C=C(CC(N)C(=O)OCC)CC(NC=O)C(=O)OCC. The van der Waals surface area contributed by atoms with E-state index >= 15 is 0 Å². The van der Waals surface area contributed by atoms with Crippen LogP contribution in [0.3, 0.4) is 0 Å². The molecule has 0 radical (unpaired) electrons. The fourth-order valence-electron chi connectivity index (χ4n) is 1.55. The summed E-state index contributed by atoms with van der Waals surface area (Å²) in [4.78, 5) is 33.4. The van der Waals surface area contributed by atoms with Gasteiger partial charge in [0.25, 0.3) is 0 Å². The molecule has 7 heteroatoms. The van der Waals surface area contributed by atoms with E-state index in [0.29, 0.717) is 12.0 Å². The Morgan fingerprint density at radius 2 is 1.75 bits per heavy atom. The van der Waals surface area contributed by atoms with E-state index in [-0.39, 0.29) is 26.1 Å². The van der Waals surface area contributed by atoms with Crippen molar-refractivity contribution < 1.29 is 23.9 Å². The lowest BCUT2D eigenvalue weighted by molar-refractivity contribution is -0.146. The zero-order chi connectivity index (χ0) is 15.5. The summed E-state index contributed by atoms with van der Waals surface area (Å²) >= 11 is 0. The molecule has 0 aliphatic heterocycles. The van der Waals surface area contributed by atoms with Gasteiger partial charge in [-0.3, -0.25) is 9.59 Å². The van der Waals surface area contributed by atoms with Crippen LogP contribution in [-0.2, 0) is 23.9 Å². The standard InChI is InChI=1S/C13H22N2O5/c1-4-19-12(17)10(14)6-9(3)7-11(15-8-16)13(18)20-5-2/h8,10-11H,3-7,14H2,1-2H3,(H,15,16). The number of hydrogen-bond donors (Lipinski definition) is 2. The third-order valence-corrected chi connectivity index (χ3v) is 2.43. The van der Waals surface area contributed by atoms with Gasteiger partial charge in [0.2, 0.25) is 6.41 Å². The van der Waals surface area contributed by atoms with E-state index in [1.54, 1.807) is 13.8 Å². The van der Waals surface area contributed by atoms with Gasteiger partial charge in [0.1, 0.15) is 12.1 Å². The topological polar surface area (TPSA) is 108 Å². The molecule has 0 aromatic rings. The summed E-state index contributed by atoms with van der Waals surface area (Å²) in [7, 11) is 0. The van der Waals surface area contributed by atoms with Crippen LogP contribution in [0.1, 0.15) is 26.7 Å². The highest BCUT2D eigenvalue weighted by Gasteiger charge is 2.22. The minimum Gasteiger partial charge on any atom is -0.465 e. The number of hydrogen-bond acceptors (Lipinski definition) is 6. The molecule has 0 saturated carbocycles. The molecular weight excluding hydrogens is 264 g/mol. The highest BCUT2D eigenvalue weighted by molar-refractivity contribution is 5.79. The van der Waals surface area contributed by atoms with Crippen molar-refractivity contribution in [2.75, 3.05) is 13.2 Å². The molecule has 0 aliphatic rings. The van der Waals surface area contributed by atoms with E-state index in [9.17, 15) is 14.4 Å². The van der Waals surface area contributed by atoms with Crippen LogP contribution < -0.4 is 11.1 Å². The maximum atomic E-state index is 11.6. The van der Waals surface area contributed by atoms with Crippen molar-refractivity contribution in [1.29, 1.82) is 0 Å². The van der Waals surface area contributed by atoms with Gasteiger partial charge in [-0.15, -0.1) is 0 Å². The maximum Gasteiger partial charge on any atom is 0.328 e. The number of nitrogens with one attached hydrogen (secondary N) is 1.